The highest BCUT2D eigenvalue weighted by atomic mass is 16.3. The molecule has 1 aromatic heterocycles. The summed E-state index contributed by atoms with van der Waals surface area (Å²) in [5.41, 5.74) is 5.80. The fraction of sp³-hybridized carbons (Fsp3) is 0.500. The van der Waals surface area contributed by atoms with Crippen LogP contribution in [-0.2, 0) is 18.6 Å². The first-order valence-electron chi connectivity index (χ1n) is 6.75. The Morgan fingerprint density at radius 2 is 1.94 bits per heavy atom. The molecule has 1 aromatic carbocycles. The molecule has 0 atom stereocenters. The molecule has 0 aliphatic carbocycles. The fourth-order valence-electron chi connectivity index (χ4n) is 3.12. The second kappa shape index (κ2) is 3.61. The van der Waals surface area contributed by atoms with Crippen molar-refractivity contribution in [2.75, 3.05) is 0 Å². The molecule has 0 amide bonds. The van der Waals surface area contributed by atoms with Crippen LogP contribution in [0.4, 0.5) is 0 Å². The van der Waals surface area contributed by atoms with Gasteiger partial charge < -0.3 is 9.67 Å². The summed E-state index contributed by atoms with van der Waals surface area (Å²) >= 11 is 0. The van der Waals surface area contributed by atoms with Crippen LogP contribution in [0.3, 0.4) is 0 Å². The topological polar surface area (TPSA) is 25.2 Å². The van der Waals surface area contributed by atoms with Crippen molar-refractivity contribution in [2.24, 2.45) is 0 Å². The van der Waals surface area contributed by atoms with Crippen molar-refractivity contribution in [3.05, 3.63) is 34.5 Å². The fourth-order valence-corrected chi connectivity index (χ4v) is 3.12. The van der Waals surface area contributed by atoms with Crippen LogP contribution in [0.2, 0.25) is 0 Å². The van der Waals surface area contributed by atoms with Crippen molar-refractivity contribution >= 4 is 10.9 Å². The molecule has 0 unspecified atom stereocenters. The number of aromatic nitrogens is 1. The second-order valence-corrected chi connectivity index (χ2v) is 6.06. The van der Waals surface area contributed by atoms with E-state index in [9.17, 15) is 5.11 Å². The van der Waals surface area contributed by atoms with Crippen molar-refractivity contribution in [2.45, 2.75) is 52.7 Å². The summed E-state index contributed by atoms with van der Waals surface area (Å²) in [6.07, 6.45) is 2.33. The third-order valence-electron chi connectivity index (χ3n) is 4.34. The number of rotatable bonds is 1. The lowest BCUT2D eigenvalue weighted by Gasteiger charge is -2.22. The van der Waals surface area contributed by atoms with Gasteiger partial charge in [0, 0.05) is 17.6 Å². The van der Waals surface area contributed by atoms with Crippen molar-refractivity contribution < 1.29 is 5.11 Å². The van der Waals surface area contributed by atoms with E-state index >= 15 is 0 Å². The Bertz CT molecular complexity index is 629. The summed E-state index contributed by atoms with van der Waals surface area (Å²) in [4.78, 5) is 0. The number of aliphatic hydroxyl groups is 1. The maximum absolute atomic E-state index is 10.2. The minimum absolute atomic E-state index is 0.759. The molecular weight excluding hydrogens is 222 g/mol. The Labute approximate surface area is 108 Å². The highest BCUT2D eigenvalue weighted by molar-refractivity contribution is 5.89. The van der Waals surface area contributed by atoms with E-state index in [2.05, 4.69) is 30.5 Å². The Hall–Kier alpha value is -1.28. The van der Waals surface area contributed by atoms with Crippen LogP contribution in [0.15, 0.2) is 12.1 Å². The molecule has 18 heavy (non-hydrogen) atoms. The molecule has 2 aromatic rings. The van der Waals surface area contributed by atoms with Gasteiger partial charge in [0.05, 0.1) is 11.1 Å². The highest BCUT2D eigenvalue weighted by Gasteiger charge is 2.23. The molecule has 0 fully saturated rings. The van der Waals surface area contributed by atoms with E-state index in [1.54, 1.807) is 0 Å². The Morgan fingerprint density at radius 3 is 2.61 bits per heavy atom. The van der Waals surface area contributed by atoms with Crippen LogP contribution in [0.25, 0.3) is 10.9 Å². The predicted octanol–water partition coefficient (Wildman–Crippen LogP) is 3.43. The van der Waals surface area contributed by atoms with E-state index in [4.69, 9.17) is 0 Å². The minimum Gasteiger partial charge on any atom is -0.386 e. The molecule has 96 valence electrons. The van der Waals surface area contributed by atoms with Gasteiger partial charge in [0.25, 0.3) is 0 Å². The first-order chi connectivity index (χ1) is 8.39. The standard InChI is InChI=1S/C16H21NO/c1-10-11(2)17-7-5-6-12-8-13(16(3,4)18)9-14(10)15(12)17/h8-9,18H,5-7H2,1-4H3. The summed E-state index contributed by atoms with van der Waals surface area (Å²) < 4.78 is 2.44. The average Bonchev–Trinajstić information content (AvgIpc) is 2.56. The van der Waals surface area contributed by atoms with Crippen LogP contribution in [-0.4, -0.2) is 9.67 Å². The molecule has 3 rings (SSSR count). The molecule has 0 radical (unpaired) electrons. The van der Waals surface area contributed by atoms with Gasteiger partial charge in [-0.3, -0.25) is 0 Å². The molecule has 1 N–H and O–H groups in total. The van der Waals surface area contributed by atoms with Gasteiger partial charge in [0.1, 0.15) is 0 Å². The molecule has 0 saturated carbocycles. The lowest BCUT2D eigenvalue weighted by Crippen LogP contribution is -2.17. The molecule has 0 spiro atoms. The van der Waals surface area contributed by atoms with Gasteiger partial charge in [0.2, 0.25) is 0 Å². The van der Waals surface area contributed by atoms with Gasteiger partial charge in [0.15, 0.2) is 0 Å². The van der Waals surface area contributed by atoms with Crippen LogP contribution < -0.4 is 0 Å². The Kier molecular flexibility index (Phi) is 2.36. The lowest BCUT2D eigenvalue weighted by molar-refractivity contribution is 0.0786. The van der Waals surface area contributed by atoms with Gasteiger partial charge in [-0.15, -0.1) is 0 Å². The van der Waals surface area contributed by atoms with Crippen LogP contribution in [0.5, 0.6) is 0 Å². The zero-order chi connectivity index (χ0) is 13.1. The number of benzene rings is 1. The zero-order valence-corrected chi connectivity index (χ0v) is 11.7. The van der Waals surface area contributed by atoms with Gasteiger partial charge in [-0.1, -0.05) is 6.07 Å². The van der Waals surface area contributed by atoms with Gasteiger partial charge in [-0.2, -0.15) is 0 Å². The maximum Gasteiger partial charge on any atom is 0.0840 e. The first-order valence-corrected chi connectivity index (χ1v) is 6.75. The van der Waals surface area contributed by atoms with Gasteiger partial charge in [-0.05, 0) is 63.3 Å². The van der Waals surface area contributed by atoms with E-state index in [0.29, 0.717) is 0 Å². The van der Waals surface area contributed by atoms with E-state index < -0.39 is 5.60 Å². The van der Waals surface area contributed by atoms with Gasteiger partial charge in [-0.25, -0.2) is 0 Å². The maximum atomic E-state index is 10.2. The Morgan fingerprint density at radius 1 is 1.22 bits per heavy atom. The second-order valence-electron chi connectivity index (χ2n) is 6.06. The van der Waals surface area contributed by atoms with Crippen LogP contribution >= 0.6 is 0 Å². The summed E-state index contributed by atoms with van der Waals surface area (Å²) in [6, 6.07) is 4.36. The normalized spacial score (nSPS) is 15.4. The highest BCUT2D eigenvalue weighted by Crippen LogP contribution is 2.35. The van der Waals surface area contributed by atoms with Crippen LogP contribution in [0.1, 0.15) is 42.7 Å². The third-order valence-corrected chi connectivity index (χ3v) is 4.34. The SMILES string of the molecule is Cc1c(C)n2c3c(cc(C(C)(C)O)cc13)CCC2. The molecule has 2 nitrogen and oxygen atoms in total. The summed E-state index contributed by atoms with van der Waals surface area (Å²) in [6.45, 7) is 9.25. The van der Waals surface area contributed by atoms with Crippen molar-refractivity contribution in [1.82, 2.24) is 4.57 Å². The van der Waals surface area contributed by atoms with E-state index in [-0.39, 0.29) is 0 Å². The smallest absolute Gasteiger partial charge is 0.0840 e. The third kappa shape index (κ3) is 1.52. The number of hydrogen-bond donors (Lipinski definition) is 1. The molecule has 1 aliphatic rings. The average molecular weight is 243 g/mol. The van der Waals surface area contributed by atoms with Crippen molar-refractivity contribution in [3.8, 4) is 0 Å². The first kappa shape index (κ1) is 11.8. The Balaban J connectivity index is 2.40. The van der Waals surface area contributed by atoms with Crippen molar-refractivity contribution in [3.63, 3.8) is 0 Å². The van der Waals surface area contributed by atoms with E-state index in [1.807, 2.05) is 13.8 Å². The molecule has 1 aliphatic heterocycles. The summed E-state index contributed by atoms with van der Waals surface area (Å²) in [7, 11) is 0. The number of hydrogen-bond acceptors (Lipinski definition) is 1. The number of aryl methyl sites for hydroxylation is 3. The molecule has 0 bridgehead atoms. The largest absolute Gasteiger partial charge is 0.386 e. The monoisotopic (exact) mass is 243 g/mol. The molecular formula is C16H21NO. The predicted molar refractivity (Wildman–Crippen MR) is 75.0 cm³/mol. The van der Waals surface area contributed by atoms with Crippen LogP contribution in [0, 0.1) is 13.8 Å². The molecule has 0 saturated heterocycles. The molecule has 2 heterocycles. The van der Waals surface area contributed by atoms with Gasteiger partial charge >= 0.3 is 0 Å². The summed E-state index contributed by atoms with van der Waals surface area (Å²) in [5, 5.41) is 11.6. The van der Waals surface area contributed by atoms with E-state index in [0.717, 1.165) is 18.5 Å². The van der Waals surface area contributed by atoms with Crippen molar-refractivity contribution in [1.29, 1.82) is 0 Å². The molecule has 2 heteroatoms. The zero-order valence-electron chi connectivity index (χ0n) is 11.7. The summed E-state index contributed by atoms with van der Waals surface area (Å²) in [5.74, 6) is 0. The number of nitrogens with zero attached hydrogens (tertiary/aromatic N) is 1. The van der Waals surface area contributed by atoms with E-state index in [1.165, 1.54) is 34.1 Å². The quantitative estimate of drug-likeness (QED) is 0.815. The lowest BCUT2D eigenvalue weighted by atomic mass is 9.91. The minimum atomic E-state index is -0.759.